The second-order valence-electron chi connectivity index (χ2n) is 5.39. The fourth-order valence-corrected chi connectivity index (χ4v) is 3.64. The standard InChI is InChI=1S/C12H22N4S/c1-7-4-5-10(6-8(7)2)11(14-13)12-9(3)15-16-17-12/h7-8,10-11,14H,4-6,13H2,1-3H3. The van der Waals surface area contributed by atoms with Crippen LogP contribution in [0, 0.1) is 24.7 Å². The molecule has 1 aliphatic carbocycles. The molecule has 1 aromatic heterocycles. The predicted molar refractivity (Wildman–Crippen MR) is 70.4 cm³/mol. The van der Waals surface area contributed by atoms with E-state index in [4.69, 9.17) is 5.84 Å². The summed E-state index contributed by atoms with van der Waals surface area (Å²) in [6.45, 7) is 6.71. The van der Waals surface area contributed by atoms with Gasteiger partial charge in [-0.15, -0.1) is 5.10 Å². The molecule has 17 heavy (non-hydrogen) atoms. The van der Waals surface area contributed by atoms with Gasteiger partial charge < -0.3 is 0 Å². The molecule has 5 heteroatoms. The van der Waals surface area contributed by atoms with Crippen LogP contribution in [0.15, 0.2) is 0 Å². The molecule has 96 valence electrons. The molecule has 0 aromatic carbocycles. The summed E-state index contributed by atoms with van der Waals surface area (Å²) in [5, 5.41) is 4.09. The van der Waals surface area contributed by atoms with Crippen molar-refractivity contribution in [3.05, 3.63) is 10.6 Å². The Morgan fingerprint density at radius 2 is 2.12 bits per heavy atom. The molecule has 0 aliphatic heterocycles. The van der Waals surface area contributed by atoms with E-state index in [0.29, 0.717) is 5.92 Å². The number of nitrogens with zero attached hydrogens (tertiary/aromatic N) is 2. The van der Waals surface area contributed by atoms with Crippen LogP contribution in [0.4, 0.5) is 0 Å². The molecular formula is C12H22N4S. The Labute approximate surface area is 107 Å². The van der Waals surface area contributed by atoms with E-state index in [1.165, 1.54) is 35.7 Å². The highest BCUT2D eigenvalue weighted by molar-refractivity contribution is 7.05. The summed E-state index contributed by atoms with van der Waals surface area (Å²) < 4.78 is 4.02. The number of hydrazine groups is 1. The molecule has 0 bridgehead atoms. The number of aromatic nitrogens is 2. The van der Waals surface area contributed by atoms with Crippen LogP contribution in [0.5, 0.6) is 0 Å². The van der Waals surface area contributed by atoms with Crippen LogP contribution >= 0.6 is 11.5 Å². The van der Waals surface area contributed by atoms with Crippen molar-refractivity contribution in [2.75, 3.05) is 0 Å². The van der Waals surface area contributed by atoms with E-state index in [2.05, 4.69) is 28.9 Å². The van der Waals surface area contributed by atoms with Gasteiger partial charge in [0.15, 0.2) is 0 Å². The van der Waals surface area contributed by atoms with Crippen LogP contribution in [0.25, 0.3) is 0 Å². The van der Waals surface area contributed by atoms with Gasteiger partial charge in [0.25, 0.3) is 0 Å². The normalized spacial score (nSPS) is 31.4. The first-order valence-corrected chi connectivity index (χ1v) is 7.15. The second kappa shape index (κ2) is 5.42. The minimum absolute atomic E-state index is 0.227. The number of nitrogens with two attached hydrogens (primary N) is 1. The van der Waals surface area contributed by atoms with Gasteiger partial charge >= 0.3 is 0 Å². The molecule has 4 unspecified atom stereocenters. The third-order valence-corrected chi connectivity index (χ3v) is 5.17. The molecule has 4 atom stereocenters. The zero-order chi connectivity index (χ0) is 12.4. The Morgan fingerprint density at radius 3 is 2.65 bits per heavy atom. The van der Waals surface area contributed by atoms with Gasteiger partial charge in [-0.1, -0.05) is 24.8 Å². The van der Waals surface area contributed by atoms with E-state index < -0.39 is 0 Å². The summed E-state index contributed by atoms with van der Waals surface area (Å²) >= 11 is 1.47. The molecule has 1 heterocycles. The monoisotopic (exact) mass is 254 g/mol. The predicted octanol–water partition coefficient (Wildman–Crippen LogP) is 2.42. The number of hydrogen-bond donors (Lipinski definition) is 2. The first-order valence-electron chi connectivity index (χ1n) is 6.38. The van der Waals surface area contributed by atoms with Crippen LogP contribution < -0.4 is 11.3 Å². The molecule has 2 rings (SSSR count). The molecule has 0 radical (unpaired) electrons. The Bertz CT molecular complexity index is 365. The Balaban J connectivity index is 2.12. The molecule has 1 aliphatic rings. The summed E-state index contributed by atoms with van der Waals surface area (Å²) in [6.07, 6.45) is 3.79. The van der Waals surface area contributed by atoms with Crippen LogP contribution in [-0.4, -0.2) is 9.59 Å². The first-order chi connectivity index (χ1) is 8.13. The van der Waals surface area contributed by atoms with Crippen LogP contribution in [0.3, 0.4) is 0 Å². The summed E-state index contributed by atoms with van der Waals surface area (Å²) in [6, 6.07) is 0.227. The van der Waals surface area contributed by atoms with Crippen molar-refractivity contribution in [3.8, 4) is 0 Å². The number of aryl methyl sites for hydroxylation is 1. The summed E-state index contributed by atoms with van der Waals surface area (Å²) in [7, 11) is 0. The largest absolute Gasteiger partial charge is 0.271 e. The van der Waals surface area contributed by atoms with E-state index in [1.54, 1.807) is 0 Å². The van der Waals surface area contributed by atoms with Gasteiger partial charge in [-0.25, -0.2) is 0 Å². The average molecular weight is 254 g/mol. The molecule has 1 saturated carbocycles. The van der Waals surface area contributed by atoms with Gasteiger partial charge in [0, 0.05) is 0 Å². The Hall–Kier alpha value is -0.520. The maximum absolute atomic E-state index is 5.74. The van der Waals surface area contributed by atoms with Gasteiger partial charge in [0.05, 0.1) is 16.6 Å². The first kappa shape index (κ1) is 12.9. The van der Waals surface area contributed by atoms with Gasteiger partial charge in [0.2, 0.25) is 0 Å². The second-order valence-corrected chi connectivity index (χ2v) is 6.18. The summed E-state index contributed by atoms with van der Waals surface area (Å²) in [5.41, 5.74) is 4.00. The van der Waals surface area contributed by atoms with E-state index in [1.807, 2.05) is 6.92 Å². The quantitative estimate of drug-likeness (QED) is 0.642. The lowest BCUT2D eigenvalue weighted by atomic mass is 9.73. The lowest BCUT2D eigenvalue weighted by molar-refractivity contribution is 0.172. The van der Waals surface area contributed by atoms with E-state index in [9.17, 15) is 0 Å². The van der Waals surface area contributed by atoms with Crippen LogP contribution in [0.1, 0.15) is 49.7 Å². The molecule has 0 amide bonds. The van der Waals surface area contributed by atoms with Gasteiger partial charge in [-0.3, -0.25) is 11.3 Å². The highest BCUT2D eigenvalue weighted by atomic mass is 32.1. The Kier molecular flexibility index (Phi) is 4.12. The third kappa shape index (κ3) is 2.67. The molecule has 0 spiro atoms. The van der Waals surface area contributed by atoms with Crippen molar-refractivity contribution >= 4 is 11.5 Å². The zero-order valence-corrected chi connectivity index (χ0v) is 11.6. The Morgan fingerprint density at radius 1 is 1.35 bits per heavy atom. The van der Waals surface area contributed by atoms with Crippen molar-refractivity contribution in [1.29, 1.82) is 0 Å². The topological polar surface area (TPSA) is 63.8 Å². The number of rotatable bonds is 3. The van der Waals surface area contributed by atoms with Crippen molar-refractivity contribution < 1.29 is 0 Å². The SMILES string of the molecule is Cc1nnsc1C(NN)C1CCC(C)C(C)C1. The van der Waals surface area contributed by atoms with Crippen molar-refractivity contribution in [2.45, 2.75) is 46.1 Å². The third-order valence-electron chi connectivity index (χ3n) is 4.26. The highest BCUT2D eigenvalue weighted by Crippen LogP contribution is 2.40. The van der Waals surface area contributed by atoms with Crippen molar-refractivity contribution in [3.63, 3.8) is 0 Å². The maximum Gasteiger partial charge on any atom is 0.0773 e. The lowest BCUT2D eigenvalue weighted by Gasteiger charge is -2.36. The van der Waals surface area contributed by atoms with Crippen LogP contribution in [-0.2, 0) is 0 Å². The number of hydrogen-bond acceptors (Lipinski definition) is 5. The van der Waals surface area contributed by atoms with E-state index in [-0.39, 0.29) is 6.04 Å². The fraction of sp³-hybridized carbons (Fsp3) is 0.833. The smallest absolute Gasteiger partial charge is 0.0773 e. The average Bonchev–Trinajstić information content (AvgIpc) is 2.71. The van der Waals surface area contributed by atoms with Gasteiger partial charge in [-0.2, -0.15) is 0 Å². The summed E-state index contributed by atoms with van der Waals surface area (Å²) in [4.78, 5) is 1.21. The lowest BCUT2D eigenvalue weighted by Crippen LogP contribution is -2.36. The maximum atomic E-state index is 5.74. The van der Waals surface area contributed by atoms with E-state index >= 15 is 0 Å². The molecule has 3 N–H and O–H groups in total. The van der Waals surface area contributed by atoms with Crippen molar-refractivity contribution in [2.24, 2.45) is 23.6 Å². The van der Waals surface area contributed by atoms with Crippen molar-refractivity contribution in [1.82, 2.24) is 15.0 Å². The summed E-state index contributed by atoms with van der Waals surface area (Å²) in [5.74, 6) is 7.98. The highest BCUT2D eigenvalue weighted by Gasteiger charge is 2.32. The molecule has 1 aromatic rings. The zero-order valence-electron chi connectivity index (χ0n) is 10.8. The minimum atomic E-state index is 0.227. The molecule has 0 saturated heterocycles. The number of nitrogens with one attached hydrogen (secondary N) is 1. The molecule has 1 fully saturated rings. The van der Waals surface area contributed by atoms with Gasteiger partial charge in [-0.05, 0) is 49.1 Å². The van der Waals surface area contributed by atoms with E-state index in [0.717, 1.165) is 17.5 Å². The fourth-order valence-electron chi connectivity index (χ4n) is 2.84. The van der Waals surface area contributed by atoms with Gasteiger partial charge in [0.1, 0.15) is 0 Å². The van der Waals surface area contributed by atoms with Crippen LogP contribution in [0.2, 0.25) is 0 Å². The molecular weight excluding hydrogens is 232 g/mol. The minimum Gasteiger partial charge on any atom is -0.271 e. The molecule has 4 nitrogen and oxygen atoms in total.